The summed E-state index contributed by atoms with van der Waals surface area (Å²) in [7, 11) is 1.41. The molecule has 2 aliphatic heterocycles. The molecule has 0 aromatic carbocycles. The molecule has 0 spiro atoms. The Kier molecular flexibility index (Phi) is 3.42. The van der Waals surface area contributed by atoms with Crippen LogP contribution in [-0.2, 0) is 14.3 Å². The first-order valence-corrected chi connectivity index (χ1v) is 6.71. The number of rotatable bonds is 2. The van der Waals surface area contributed by atoms with E-state index in [1.165, 1.54) is 7.11 Å². The average Bonchev–Trinajstić information content (AvgIpc) is 2.70. The number of amides is 1. The zero-order valence-corrected chi connectivity index (χ0v) is 10.4. The summed E-state index contributed by atoms with van der Waals surface area (Å²) < 4.78 is 4.78. The molecule has 4 atom stereocenters. The van der Waals surface area contributed by atoms with Gasteiger partial charge in [0.25, 0.3) is 0 Å². The summed E-state index contributed by atoms with van der Waals surface area (Å²) in [6.07, 6.45) is 1.59. The summed E-state index contributed by atoms with van der Waals surface area (Å²) in [4.78, 5) is 23.1. The summed E-state index contributed by atoms with van der Waals surface area (Å²) in [5, 5.41) is 3.33. The maximum Gasteiger partial charge on any atom is 0.311 e. The van der Waals surface area contributed by atoms with Crippen LogP contribution in [-0.4, -0.2) is 36.0 Å². The number of fused-ring (bicyclic) bond motifs is 1. The Morgan fingerprint density at radius 2 is 2.38 bits per heavy atom. The maximum absolute atomic E-state index is 11.6. The van der Waals surface area contributed by atoms with Crippen LogP contribution in [0.1, 0.15) is 19.8 Å². The fourth-order valence-electron chi connectivity index (χ4n) is 2.60. The summed E-state index contributed by atoms with van der Waals surface area (Å²) >= 11 is 1.80. The Bertz CT molecular complexity index is 308. The first-order chi connectivity index (χ1) is 7.67. The van der Waals surface area contributed by atoms with E-state index >= 15 is 0 Å². The molecular formula is C11H17NO3S. The van der Waals surface area contributed by atoms with Crippen LogP contribution in [0.5, 0.6) is 0 Å². The van der Waals surface area contributed by atoms with Gasteiger partial charge in [-0.1, -0.05) is 13.3 Å². The fraction of sp³-hybridized carbons (Fsp3) is 0.818. The zero-order chi connectivity index (χ0) is 11.7. The van der Waals surface area contributed by atoms with Crippen molar-refractivity contribution in [3.8, 4) is 0 Å². The van der Waals surface area contributed by atoms with Crippen molar-refractivity contribution in [2.45, 2.75) is 31.1 Å². The van der Waals surface area contributed by atoms with Gasteiger partial charge in [0.15, 0.2) is 0 Å². The van der Waals surface area contributed by atoms with Gasteiger partial charge in [-0.25, -0.2) is 0 Å². The van der Waals surface area contributed by atoms with Crippen LogP contribution in [0, 0.1) is 11.8 Å². The number of carbonyl (C=O) groups excluding carboxylic acids is 2. The standard InChI is InChI=1S/C11H17NO3S/c1-3-6-4-8(13)12-9-7(11(14)15-2)5-16-10(6)9/h6-7,9-10H,3-5H2,1-2H3,(H,12,13). The van der Waals surface area contributed by atoms with Crippen LogP contribution in [0.3, 0.4) is 0 Å². The molecule has 2 rings (SSSR count). The molecule has 4 nitrogen and oxygen atoms in total. The van der Waals surface area contributed by atoms with Crippen molar-refractivity contribution in [2.24, 2.45) is 11.8 Å². The molecule has 1 amide bonds. The van der Waals surface area contributed by atoms with E-state index in [0.29, 0.717) is 17.6 Å². The van der Waals surface area contributed by atoms with Crippen molar-refractivity contribution in [3.05, 3.63) is 0 Å². The Balaban J connectivity index is 2.14. The van der Waals surface area contributed by atoms with Gasteiger partial charge in [-0.15, -0.1) is 0 Å². The van der Waals surface area contributed by atoms with E-state index in [9.17, 15) is 9.59 Å². The van der Waals surface area contributed by atoms with Crippen LogP contribution in [0.25, 0.3) is 0 Å². The second-order valence-corrected chi connectivity index (χ2v) is 5.60. The van der Waals surface area contributed by atoms with Gasteiger partial charge >= 0.3 is 5.97 Å². The van der Waals surface area contributed by atoms with E-state index < -0.39 is 0 Å². The molecule has 0 aromatic heterocycles. The van der Waals surface area contributed by atoms with Gasteiger partial charge in [-0.2, -0.15) is 11.8 Å². The third kappa shape index (κ3) is 1.93. The highest BCUT2D eigenvalue weighted by Crippen LogP contribution is 2.41. The average molecular weight is 243 g/mol. The minimum Gasteiger partial charge on any atom is -0.469 e. The van der Waals surface area contributed by atoms with Gasteiger partial charge in [0.2, 0.25) is 5.91 Å². The van der Waals surface area contributed by atoms with Crippen LogP contribution in [0.15, 0.2) is 0 Å². The Morgan fingerprint density at radius 1 is 1.62 bits per heavy atom. The van der Waals surface area contributed by atoms with E-state index in [1.54, 1.807) is 11.8 Å². The lowest BCUT2D eigenvalue weighted by atomic mass is 9.84. The topological polar surface area (TPSA) is 55.4 Å². The summed E-state index contributed by atoms with van der Waals surface area (Å²) in [5.74, 6) is 0.872. The predicted octanol–water partition coefficient (Wildman–Crippen LogP) is 0.806. The highest BCUT2D eigenvalue weighted by molar-refractivity contribution is 8.00. The molecule has 16 heavy (non-hydrogen) atoms. The number of carbonyl (C=O) groups is 2. The minimum atomic E-state index is -0.197. The van der Waals surface area contributed by atoms with E-state index in [0.717, 1.165) is 12.2 Å². The Hall–Kier alpha value is -0.710. The van der Waals surface area contributed by atoms with Crippen LogP contribution in [0.4, 0.5) is 0 Å². The molecule has 4 unspecified atom stereocenters. The SMILES string of the molecule is CCC1CC(=O)NC2C(C(=O)OC)CSC12. The van der Waals surface area contributed by atoms with Crippen molar-refractivity contribution < 1.29 is 14.3 Å². The monoisotopic (exact) mass is 243 g/mol. The van der Waals surface area contributed by atoms with Crippen LogP contribution < -0.4 is 5.32 Å². The molecule has 0 saturated carbocycles. The number of piperidine rings is 1. The lowest BCUT2D eigenvalue weighted by Gasteiger charge is -2.34. The van der Waals surface area contributed by atoms with Gasteiger partial charge < -0.3 is 10.1 Å². The molecule has 2 saturated heterocycles. The summed E-state index contributed by atoms with van der Waals surface area (Å²) in [5.41, 5.74) is 0. The first-order valence-electron chi connectivity index (χ1n) is 5.66. The Labute approximate surface area is 99.5 Å². The lowest BCUT2D eigenvalue weighted by molar-refractivity contribution is -0.146. The molecule has 2 heterocycles. The zero-order valence-electron chi connectivity index (χ0n) is 9.56. The van der Waals surface area contributed by atoms with Crippen LogP contribution >= 0.6 is 11.8 Å². The lowest BCUT2D eigenvalue weighted by Crippen LogP contribution is -2.53. The number of hydrogen-bond acceptors (Lipinski definition) is 4. The third-order valence-electron chi connectivity index (χ3n) is 3.52. The molecule has 5 heteroatoms. The fourth-order valence-corrected chi connectivity index (χ4v) is 4.40. The predicted molar refractivity (Wildman–Crippen MR) is 62.1 cm³/mol. The second kappa shape index (κ2) is 4.65. The van der Waals surface area contributed by atoms with Gasteiger partial charge in [-0.3, -0.25) is 9.59 Å². The summed E-state index contributed by atoms with van der Waals surface area (Å²) in [6.45, 7) is 2.10. The molecule has 0 bridgehead atoms. The first kappa shape index (κ1) is 11.8. The van der Waals surface area contributed by atoms with Crippen molar-refractivity contribution in [3.63, 3.8) is 0 Å². The van der Waals surface area contributed by atoms with Gasteiger partial charge in [0.1, 0.15) is 0 Å². The van der Waals surface area contributed by atoms with E-state index in [-0.39, 0.29) is 23.8 Å². The number of hydrogen-bond donors (Lipinski definition) is 1. The van der Waals surface area contributed by atoms with Crippen molar-refractivity contribution in [1.82, 2.24) is 5.32 Å². The quantitative estimate of drug-likeness (QED) is 0.729. The molecular weight excluding hydrogens is 226 g/mol. The minimum absolute atomic E-state index is 0.0244. The molecule has 0 aromatic rings. The van der Waals surface area contributed by atoms with Crippen molar-refractivity contribution in [1.29, 1.82) is 0 Å². The Morgan fingerprint density at radius 3 is 3.00 bits per heavy atom. The number of ether oxygens (including phenoxy) is 1. The third-order valence-corrected chi connectivity index (χ3v) is 5.14. The second-order valence-electron chi connectivity index (χ2n) is 4.39. The van der Waals surface area contributed by atoms with Gasteiger partial charge in [0, 0.05) is 17.4 Å². The van der Waals surface area contributed by atoms with E-state index in [4.69, 9.17) is 4.74 Å². The molecule has 0 aliphatic carbocycles. The molecule has 2 aliphatic rings. The molecule has 90 valence electrons. The molecule has 1 N–H and O–H groups in total. The number of esters is 1. The highest BCUT2D eigenvalue weighted by Gasteiger charge is 2.48. The molecule has 2 fully saturated rings. The van der Waals surface area contributed by atoms with E-state index in [1.807, 2.05) is 0 Å². The number of methoxy groups -OCH3 is 1. The number of thioether (sulfide) groups is 1. The van der Waals surface area contributed by atoms with Gasteiger partial charge in [-0.05, 0) is 5.92 Å². The highest BCUT2D eigenvalue weighted by atomic mass is 32.2. The van der Waals surface area contributed by atoms with Crippen LogP contribution in [0.2, 0.25) is 0 Å². The van der Waals surface area contributed by atoms with Crippen molar-refractivity contribution >= 4 is 23.6 Å². The maximum atomic E-state index is 11.6. The molecule has 0 radical (unpaired) electrons. The number of nitrogens with one attached hydrogen (secondary N) is 1. The van der Waals surface area contributed by atoms with Crippen molar-refractivity contribution in [2.75, 3.05) is 12.9 Å². The normalized spacial score (nSPS) is 37.8. The summed E-state index contributed by atoms with van der Waals surface area (Å²) in [6, 6.07) is -0.0244. The van der Waals surface area contributed by atoms with E-state index in [2.05, 4.69) is 12.2 Å². The largest absolute Gasteiger partial charge is 0.469 e. The van der Waals surface area contributed by atoms with Gasteiger partial charge in [0.05, 0.1) is 19.1 Å². The smallest absolute Gasteiger partial charge is 0.311 e.